The van der Waals surface area contributed by atoms with Gasteiger partial charge in [-0.25, -0.2) is 4.98 Å². The van der Waals surface area contributed by atoms with E-state index in [-0.39, 0.29) is 5.91 Å². The van der Waals surface area contributed by atoms with Crippen molar-refractivity contribution in [1.82, 2.24) is 14.7 Å². The molecule has 0 radical (unpaired) electrons. The molecular weight excluding hydrogens is 366 g/mol. The van der Waals surface area contributed by atoms with Gasteiger partial charge >= 0.3 is 0 Å². The second-order valence-electron chi connectivity index (χ2n) is 7.57. The number of rotatable bonds is 4. The van der Waals surface area contributed by atoms with Crippen molar-refractivity contribution >= 4 is 32.4 Å². The number of aryl methyl sites for hydroxylation is 1. The Hall–Kier alpha value is -2.66. The molecule has 0 aliphatic heterocycles. The summed E-state index contributed by atoms with van der Waals surface area (Å²) in [5.74, 6) is 0.0385. The number of carbonyl (C=O) groups excluding carboxylic acids is 1. The molecule has 1 aliphatic rings. The maximum absolute atomic E-state index is 12.6. The number of nitrogens with zero attached hydrogens (tertiary/aromatic N) is 2. The van der Waals surface area contributed by atoms with Gasteiger partial charge in [0.15, 0.2) is 4.96 Å². The number of hydrogen-bond donors (Lipinski definition) is 1. The van der Waals surface area contributed by atoms with Gasteiger partial charge in [-0.05, 0) is 43.0 Å². The van der Waals surface area contributed by atoms with Crippen LogP contribution in [0.1, 0.15) is 48.5 Å². The molecule has 2 aromatic heterocycles. The molecule has 1 N–H and O–H groups in total. The quantitative estimate of drug-likeness (QED) is 0.504. The topological polar surface area (TPSA) is 46.4 Å². The van der Waals surface area contributed by atoms with E-state index >= 15 is 0 Å². The van der Waals surface area contributed by atoms with E-state index in [9.17, 15) is 4.79 Å². The predicted octanol–water partition coefficient (Wildman–Crippen LogP) is 5.45. The monoisotopic (exact) mass is 389 g/mol. The Balaban J connectivity index is 1.45. The minimum atomic E-state index is 0.0385. The van der Waals surface area contributed by atoms with Crippen molar-refractivity contribution in [2.75, 3.05) is 0 Å². The lowest BCUT2D eigenvalue weighted by molar-refractivity contribution is 0.0938. The summed E-state index contributed by atoms with van der Waals surface area (Å²) >= 11 is 1.63. The van der Waals surface area contributed by atoms with Gasteiger partial charge in [-0.1, -0.05) is 55.4 Å². The molecule has 0 spiro atoms. The third kappa shape index (κ3) is 3.10. The highest BCUT2D eigenvalue weighted by atomic mass is 32.1. The van der Waals surface area contributed by atoms with Crippen LogP contribution in [0.15, 0.2) is 48.7 Å². The van der Waals surface area contributed by atoms with Crippen LogP contribution in [-0.4, -0.2) is 21.3 Å². The highest BCUT2D eigenvalue weighted by Gasteiger charge is 2.19. The van der Waals surface area contributed by atoms with Crippen molar-refractivity contribution in [3.8, 4) is 11.3 Å². The number of benzene rings is 2. The van der Waals surface area contributed by atoms with Crippen LogP contribution in [-0.2, 0) is 6.42 Å². The molecule has 28 heavy (non-hydrogen) atoms. The SMILES string of the molecule is CCc1ccc(-c2cn3c(n2)sc2cc(C(=O)NC4CCCC4)ccc23)cc1. The number of nitrogens with one attached hydrogen (secondary N) is 1. The van der Waals surface area contributed by atoms with Crippen LogP contribution >= 0.6 is 11.3 Å². The number of hydrogen-bond acceptors (Lipinski definition) is 3. The maximum atomic E-state index is 12.6. The van der Waals surface area contributed by atoms with Gasteiger partial charge in [0.2, 0.25) is 0 Å². The van der Waals surface area contributed by atoms with Crippen LogP contribution in [0.5, 0.6) is 0 Å². The molecule has 0 atom stereocenters. The summed E-state index contributed by atoms with van der Waals surface area (Å²) in [4.78, 5) is 18.3. The second-order valence-corrected chi connectivity index (χ2v) is 8.58. The van der Waals surface area contributed by atoms with Crippen LogP contribution in [0.3, 0.4) is 0 Å². The van der Waals surface area contributed by atoms with E-state index in [1.165, 1.54) is 18.4 Å². The average molecular weight is 390 g/mol. The number of amides is 1. The first-order valence-electron chi connectivity index (χ1n) is 10.0. The zero-order chi connectivity index (χ0) is 19.1. The van der Waals surface area contributed by atoms with E-state index in [1.807, 2.05) is 18.2 Å². The van der Waals surface area contributed by atoms with Crippen molar-refractivity contribution in [3.63, 3.8) is 0 Å². The fraction of sp³-hybridized carbons (Fsp3) is 0.304. The number of fused-ring (bicyclic) bond motifs is 3. The normalized spacial score (nSPS) is 14.9. The predicted molar refractivity (Wildman–Crippen MR) is 115 cm³/mol. The van der Waals surface area contributed by atoms with Gasteiger partial charge < -0.3 is 5.32 Å². The average Bonchev–Trinajstić information content (AvgIpc) is 3.43. The van der Waals surface area contributed by atoms with E-state index in [0.717, 1.165) is 51.3 Å². The van der Waals surface area contributed by atoms with Crippen LogP contribution in [0, 0.1) is 0 Å². The minimum absolute atomic E-state index is 0.0385. The molecule has 1 aliphatic carbocycles. The van der Waals surface area contributed by atoms with Crippen molar-refractivity contribution in [2.45, 2.75) is 45.1 Å². The third-order valence-electron chi connectivity index (χ3n) is 5.70. The van der Waals surface area contributed by atoms with Gasteiger partial charge in [0.1, 0.15) is 0 Å². The van der Waals surface area contributed by atoms with Crippen LogP contribution in [0.4, 0.5) is 0 Å². The molecular formula is C23H23N3OS. The summed E-state index contributed by atoms with van der Waals surface area (Å²) in [6.45, 7) is 2.16. The van der Waals surface area contributed by atoms with E-state index in [2.05, 4.69) is 47.1 Å². The first-order chi connectivity index (χ1) is 13.7. The Kier molecular flexibility index (Phi) is 4.40. The zero-order valence-corrected chi connectivity index (χ0v) is 16.8. The van der Waals surface area contributed by atoms with E-state index < -0.39 is 0 Å². The molecule has 4 aromatic rings. The molecule has 1 fully saturated rings. The minimum Gasteiger partial charge on any atom is -0.349 e. The Morgan fingerprint density at radius 1 is 1.18 bits per heavy atom. The number of carbonyl (C=O) groups is 1. The summed E-state index contributed by atoms with van der Waals surface area (Å²) in [6, 6.07) is 14.9. The first kappa shape index (κ1) is 17.4. The first-order valence-corrected chi connectivity index (χ1v) is 10.8. The lowest BCUT2D eigenvalue weighted by atomic mass is 10.1. The molecule has 1 saturated carbocycles. The van der Waals surface area contributed by atoms with Gasteiger partial charge in [0.05, 0.1) is 15.9 Å². The summed E-state index contributed by atoms with van der Waals surface area (Å²) in [7, 11) is 0. The molecule has 1 amide bonds. The van der Waals surface area contributed by atoms with Crippen LogP contribution in [0.2, 0.25) is 0 Å². The molecule has 142 valence electrons. The highest BCUT2D eigenvalue weighted by Crippen LogP contribution is 2.30. The smallest absolute Gasteiger partial charge is 0.251 e. The van der Waals surface area contributed by atoms with Gasteiger partial charge in [-0.15, -0.1) is 0 Å². The van der Waals surface area contributed by atoms with Crippen molar-refractivity contribution < 1.29 is 4.79 Å². The van der Waals surface area contributed by atoms with Crippen LogP contribution < -0.4 is 5.32 Å². The summed E-state index contributed by atoms with van der Waals surface area (Å²) in [6.07, 6.45) is 7.77. The van der Waals surface area contributed by atoms with Crippen LogP contribution in [0.25, 0.3) is 26.4 Å². The van der Waals surface area contributed by atoms with Crippen molar-refractivity contribution in [2.24, 2.45) is 0 Å². The van der Waals surface area contributed by atoms with E-state index in [4.69, 9.17) is 4.98 Å². The number of thiazole rings is 1. The largest absolute Gasteiger partial charge is 0.349 e. The van der Waals surface area contributed by atoms with Crippen molar-refractivity contribution in [1.29, 1.82) is 0 Å². The highest BCUT2D eigenvalue weighted by molar-refractivity contribution is 7.23. The third-order valence-corrected chi connectivity index (χ3v) is 6.72. The summed E-state index contributed by atoms with van der Waals surface area (Å²) in [5, 5.41) is 3.17. The second kappa shape index (κ2) is 7.06. The Labute approximate surface area is 168 Å². The van der Waals surface area contributed by atoms with Gasteiger partial charge in [-0.3, -0.25) is 9.20 Å². The standard InChI is InChI=1S/C23H23N3OS/c1-2-15-7-9-16(10-8-15)19-14-26-20-12-11-17(13-21(20)28-23(26)25-19)22(27)24-18-5-3-4-6-18/h7-14,18H,2-6H2,1H3,(H,24,27). The fourth-order valence-electron chi connectivity index (χ4n) is 4.03. The molecule has 2 aromatic carbocycles. The van der Waals surface area contributed by atoms with Gasteiger partial charge in [0.25, 0.3) is 5.91 Å². The molecule has 2 heterocycles. The number of imidazole rings is 1. The molecule has 0 unspecified atom stereocenters. The lowest BCUT2D eigenvalue weighted by Gasteiger charge is -2.11. The molecule has 4 nitrogen and oxygen atoms in total. The molecule has 5 heteroatoms. The number of aromatic nitrogens is 2. The fourth-order valence-corrected chi connectivity index (χ4v) is 5.08. The molecule has 0 saturated heterocycles. The van der Waals surface area contributed by atoms with Gasteiger partial charge in [0, 0.05) is 23.4 Å². The lowest BCUT2D eigenvalue weighted by Crippen LogP contribution is -2.32. The van der Waals surface area contributed by atoms with Crippen molar-refractivity contribution in [3.05, 3.63) is 59.8 Å². The summed E-state index contributed by atoms with van der Waals surface area (Å²) in [5.41, 5.74) is 5.28. The Bertz CT molecular complexity index is 1150. The maximum Gasteiger partial charge on any atom is 0.251 e. The van der Waals surface area contributed by atoms with E-state index in [1.54, 1.807) is 11.3 Å². The summed E-state index contributed by atoms with van der Waals surface area (Å²) < 4.78 is 3.22. The Morgan fingerprint density at radius 3 is 2.71 bits per heavy atom. The van der Waals surface area contributed by atoms with E-state index in [0.29, 0.717) is 6.04 Å². The Morgan fingerprint density at radius 2 is 1.96 bits per heavy atom. The van der Waals surface area contributed by atoms with Gasteiger partial charge in [-0.2, -0.15) is 0 Å². The molecule has 0 bridgehead atoms. The zero-order valence-electron chi connectivity index (χ0n) is 15.9. The molecule has 5 rings (SSSR count).